The number of hydrogen-bond donors (Lipinski definition) is 3. The fourth-order valence-corrected chi connectivity index (χ4v) is 3.95. The van der Waals surface area contributed by atoms with Gasteiger partial charge in [0.1, 0.15) is 0 Å². The number of hydrogen-bond acceptors (Lipinski definition) is 9. The number of nitro groups is 1. The minimum atomic E-state index is -0.512. The van der Waals surface area contributed by atoms with Crippen LogP contribution in [0.2, 0.25) is 0 Å². The normalized spacial score (nSPS) is 13.9. The van der Waals surface area contributed by atoms with Gasteiger partial charge in [-0.05, 0) is 24.3 Å². The van der Waals surface area contributed by atoms with Gasteiger partial charge in [-0.3, -0.25) is 14.9 Å². The molecule has 0 bridgehead atoms. The van der Waals surface area contributed by atoms with Crippen LogP contribution in [-0.4, -0.2) is 41.5 Å². The van der Waals surface area contributed by atoms with E-state index in [1.54, 1.807) is 42.5 Å². The molecule has 37 heavy (non-hydrogen) atoms. The third-order valence-electron chi connectivity index (χ3n) is 5.71. The quantitative estimate of drug-likeness (QED) is 0.182. The lowest BCUT2D eigenvalue weighted by molar-refractivity contribution is -0.384. The highest BCUT2D eigenvalue weighted by Gasteiger charge is 2.27. The number of nitrogens with one attached hydrogen (secondary N) is 2. The van der Waals surface area contributed by atoms with E-state index in [1.807, 2.05) is 6.07 Å². The van der Waals surface area contributed by atoms with Gasteiger partial charge in [-0.25, -0.2) is 0 Å². The van der Waals surface area contributed by atoms with Crippen molar-refractivity contribution in [1.82, 2.24) is 19.9 Å². The number of benzene rings is 3. The van der Waals surface area contributed by atoms with E-state index in [-0.39, 0.29) is 34.7 Å². The number of amides is 1. The van der Waals surface area contributed by atoms with Gasteiger partial charge >= 0.3 is 0 Å². The van der Waals surface area contributed by atoms with Gasteiger partial charge in [-0.2, -0.15) is 9.78 Å². The first-order valence-corrected chi connectivity index (χ1v) is 10.9. The van der Waals surface area contributed by atoms with Crippen molar-refractivity contribution in [3.63, 3.8) is 0 Å². The summed E-state index contributed by atoms with van der Waals surface area (Å²) in [6, 6.07) is 19.9. The number of aromatic hydroxyl groups is 1. The summed E-state index contributed by atoms with van der Waals surface area (Å²) < 4.78 is 1.23. The summed E-state index contributed by atoms with van der Waals surface area (Å²) in [5, 5.41) is 45.8. The van der Waals surface area contributed by atoms with E-state index >= 15 is 0 Å². The third-order valence-corrected chi connectivity index (χ3v) is 5.71. The molecule has 1 aliphatic rings. The molecular formula is C24H15N9O4. The molecule has 3 heterocycles. The predicted molar refractivity (Wildman–Crippen MR) is 133 cm³/mol. The predicted octanol–water partition coefficient (Wildman–Crippen LogP) is 4.66. The van der Waals surface area contributed by atoms with Crippen LogP contribution < -0.4 is 5.32 Å². The molecule has 0 radical (unpaired) electrons. The number of anilines is 1. The Hall–Kier alpha value is -5.72. The summed E-state index contributed by atoms with van der Waals surface area (Å²) in [6.07, 6.45) is 0. The van der Waals surface area contributed by atoms with Gasteiger partial charge in [0.25, 0.3) is 17.5 Å². The Kier molecular flexibility index (Phi) is 5.00. The maximum absolute atomic E-state index is 12.7. The Bertz CT molecular complexity index is 1770. The second-order valence-electron chi connectivity index (χ2n) is 7.96. The van der Waals surface area contributed by atoms with Gasteiger partial charge < -0.3 is 15.4 Å². The number of fused-ring (bicyclic) bond motifs is 2. The van der Waals surface area contributed by atoms with Crippen LogP contribution in [0.1, 0.15) is 5.56 Å². The Labute approximate surface area is 207 Å². The molecule has 2 aromatic heterocycles. The fourth-order valence-electron chi connectivity index (χ4n) is 3.95. The van der Waals surface area contributed by atoms with Crippen LogP contribution >= 0.6 is 0 Å². The molecule has 5 aromatic rings. The van der Waals surface area contributed by atoms with Crippen LogP contribution in [0.15, 0.2) is 88.1 Å². The lowest BCUT2D eigenvalue weighted by Gasteiger charge is -2.04. The average molecular weight is 493 g/mol. The SMILES string of the molecule is O=C1Nc2ccccc2C1=Nn1c(N=Nc2c(O)[nH]c3ccccc23)nnc1-c1ccc([N+](=O)[O-])cc1. The van der Waals surface area contributed by atoms with E-state index in [4.69, 9.17) is 0 Å². The third kappa shape index (κ3) is 3.76. The summed E-state index contributed by atoms with van der Waals surface area (Å²) in [6.45, 7) is 0. The second kappa shape index (κ2) is 8.49. The first-order valence-electron chi connectivity index (χ1n) is 10.9. The zero-order valence-corrected chi connectivity index (χ0v) is 18.7. The van der Waals surface area contributed by atoms with Crippen molar-refractivity contribution in [2.24, 2.45) is 15.3 Å². The Morgan fingerprint density at radius 3 is 2.51 bits per heavy atom. The number of azo groups is 1. The second-order valence-corrected chi connectivity index (χ2v) is 7.96. The van der Waals surface area contributed by atoms with Crippen molar-refractivity contribution < 1.29 is 14.8 Å². The number of aromatic nitrogens is 4. The zero-order chi connectivity index (χ0) is 25.5. The Morgan fingerprint density at radius 1 is 0.946 bits per heavy atom. The van der Waals surface area contributed by atoms with E-state index in [9.17, 15) is 20.0 Å². The lowest BCUT2D eigenvalue weighted by Crippen LogP contribution is -2.16. The first kappa shape index (κ1) is 21.8. The highest BCUT2D eigenvalue weighted by molar-refractivity contribution is 6.53. The number of para-hydroxylation sites is 2. The molecule has 0 saturated carbocycles. The van der Waals surface area contributed by atoms with Gasteiger partial charge in [-0.1, -0.05) is 36.4 Å². The molecule has 1 amide bonds. The van der Waals surface area contributed by atoms with Gasteiger partial charge in [0.05, 0.1) is 16.1 Å². The van der Waals surface area contributed by atoms with E-state index in [0.29, 0.717) is 27.7 Å². The van der Waals surface area contributed by atoms with Crippen LogP contribution in [0.25, 0.3) is 22.3 Å². The van der Waals surface area contributed by atoms with Gasteiger partial charge in [0.2, 0.25) is 5.88 Å². The van der Waals surface area contributed by atoms with E-state index in [2.05, 4.69) is 35.8 Å². The van der Waals surface area contributed by atoms with Crippen molar-refractivity contribution in [2.45, 2.75) is 0 Å². The number of aromatic amines is 1. The van der Waals surface area contributed by atoms with Crippen molar-refractivity contribution in [1.29, 1.82) is 0 Å². The minimum Gasteiger partial charge on any atom is -0.493 e. The van der Waals surface area contributed by atoms with E-state index in [0.717, 1.165) is 0 Å². The lowest BCUT2D eigenvalue weighted by atomic mass is 10.1. The van der Waals surface area contributed by atoms with E-state index < -0.39 is 10.8 Å². The number of nitro benzene ring substituents is 1. The molecule has 1 aliphatic heterocycles. The Balaban J connectivity index is 1.50. The molecule has 0 aliphatic carbocycles. The molecule has 6 rings (SSSR count). The van der Waals surface area contributed by atoms with Crippen LogP contribution in [0, 0.1) is 10.1 Å². The maximum Gasteiger partial charge on any atom is 0.291 e. The standard InChI is InChI=1S/C24H15N9O4/c34-22-19(15-5-1-3-7-17(15)25-22)27-29-24-30-28-21(13-9-11-14(12-10-13)33(36)37)32(24)31-20-16-6-2-4-8-18(16)26-23(20)35/h1-12,25,34H,(H,26,31,35). The maximum atomic E-state index is 12.7. The smallest absolute Gasteiger partial charge is 0.291 e. The van der Waals surface area contributed by atoms with Crippen LogP contribution in [-0.2, 0) is 4.79 Å². The topological polar surface area (TPSA) is 176 Å². The molecule has 3 N–H and O–H groups in total. The highest BCUT2D eigenvalue weighted by atomic mass is 16.6. The van der Waals surface area contributed by atoms with Crippen molar-refractivity contribution in [3.8, 4) is 17.3 Å². The molecule has 0 fully saturated rings. The number of carbonyl (C=O) groups is 1. The monoisotopic (exact) mass is 493 g/mol. The van der Waals surface area contributed by atoms with Crippen molar-refractivity contribution in [3.05, 3.63) is 88.5 Å². The van der Waals surface area contributed by atoms with Crippen LogP contribution in [0.5, 0.6) is 5.88 Å². The number of nitrogens with zero attached hydrogens (tertiary/aromatic N) is 7. The number of non-ortho nitro benzene ring substituents is 1. The molecule has 180 valence electrons. The van der Waals surface area contributed by atoms with Crippen LogP contribution in [0.4, 0.5) is 23.0 Å². The van der Waals surface area contributed by atoms with Crippen molar-refractivity contribution >= 4 is 45.5 Å². The molecule has 13 heteroatoms. The number of rotatable bonds is 5. The molecular weight excluding hydrogens is 478 g/mol. The van der Waals surface area contributed by atoms with Gasteiger partial charge in [0.15, 0.2) is 17.2 Å². The van der Waals surface area contributed by atoms with Crippen LogP contribution in [0.3, 0.4) is 0 Å². The first-order chi connectivity index (χ1) is 18.0. The Morgan fingerprint density at radius 2 is 1.70 bits per heavy atom. The fraction of sp³-hybridized carbons (Fsp3) is 0. The molecule has 0 atom stereocenters. The molecule has 0 saturated heterocycles. The highest BCUT2D eigenvalue weighted by Crippen LogP contribution is 2.36. The van der Waals surface area contributed by atoms with E-state index in [1.165, 1.54) is 28.9 Å². The average Bonchev–Trinajstić information content (AvgIpc) is 3.55. The summed E-state index contributed by atoms with van der Waals surface area (Å²) in [7, 11) is 0. The summed E-state index contributed by atoms with van der Waals surface area (Å²) >= 11 is 0. The largest absolute Gasteiger partial charge is 0.493 e. The molecule has 13 nitrogen and oxygen atoms in total. The molecule has 0 unspecified atom stereocenters. The summed E-state index contributed by atoms with van der Waals surface area (Å²) in [4.78, 5) is 26.1. The minimum absolute atomic E-state index is 0.0808. The van der Waals surface area contributed by atoms with Gasteiger partial charge in [0, 0.05) is 28.6 Å². The number of carbonyl (C=O) groups excluding carboxylic acids is 1. The van der Waals surface area contributed by atoms with Crippen molar-refractivity contribution in [2.75, 3.05) is 5.32 Å². The zero-order valence-electron chi connectivity index (χ0n) is 18.7. The van der Waals surface area contributed by atoms with Gasteiger partial charge in [-0.15, -0.1) is 20.4 Å². The molecule has 0 spiro atoms. The summed E-state index contributed by atoms with van der Waals surface area (Å²) in [5.74, 6) is -0.511. The number of H-pyrrole nitrogens is 1. The summed E-state index contributed by atoms with van der Waals surface area (Å²) in [5.41, 5.74) is 2.49. The molecule has 3 aromatic carbocycles.